The number of nitrogens with zero attached hydrogens (tertiary/aromatic N) is 1. The van der Waals surface area contributed by atoms with Crippen LogP contribution in [0.25, 0.3) is 0 Å². The molecule has 1 aliphatic heterocycles. The molecule has 2 aromatic rings. The van der Waals surface area contributed by atoms with Crippen LogP contribution in [0.1, 0.15) is 222 Å². The van der Waals surface area contributed by atoms with Crippen LogP contribution in [0.15, 0.2) is 60.7 Å². The zero-order valence-corrected chi connectivity index (χ0v) is 89.6. The number of carbonyl (C=O) groups is 20. The van der Waals surface area contributed by atoms with Crippen molar-refractivity contribution >= 4 is 160 Å². The maximum absolute atomic E-state index is 15.0. The lowest BCUT2D eigenvalue weighted by atomic mass is 9.97. The van der Waals surface area contributed by atoms with Crippen molar-refractivity contribution in [3.8, 4) is 0 Å². The molecule has 1 aliphatic rings. The monoisotopic (exact) mass is 2130 g/mol. The zero-order valence-electron chi connectivity index (χ0n) is 87.9. The van der Waals surface area contributed by atoms with E-state index < -0.39 is 270 Å². The van der Waals surface area contributed by atoms with Crippen molar-refractivity contribution in [1.82, 2.24) is 106 Å². The van der Waals surface area contributed by atoms with E-state index in [2.05, 4.69) is 114 Å². The summed E-state index contributed by atoms with van der Waals surface area (Å²) in [6.45, 7) is 20.8. The third kappa shape index (κ3) is 48.6. The van der Waals surface area contributed by atoms with E-state index >= 15 is 0 Å². The Kier molecular flexibility index (Phi) is 59.3. The van der Waals surface area contributed by atoms with E-state index in [-0.39, 0.29) is 151 Å². The summed E-state index contributed by atoms with van der Waals surface area (Å²) in [6, 6.07) is -5.80. The van der Waals surface area contributed by atoms with E-state index in [1.807, 2.05) is 0 Å². The quantitative estimate of drug-likeness (QED) is 0.0103. The number of thioether (sulfide) groups is 1. The fourth-order valence-electron chi connectivity index (χ4n) is 16.0. The molecule has 0 bridgehead atoms. The summed E-state index contributed by atoms with van der Waals surface area (Å²) in [7, 11) is 0. The highest BCUT2D eigenvalue weighted by atomic mass is 32.2. The van der Waals surface area contributed by atoms with E-state index in [4.69, 9.17) is 44.9 Å². The molecule has 0 aromatic heterocycles. The Hall–Kier alpha value is -13.5. The van der Waals surface area contributed by atoms with Gasteiger partial charge in [-0.15, -0.1) is 0 Å². The van der Waals surface area contributed by atoms with E-state index in [1.54, 1.807) is 136 Å². The Bertz CT molecular complexity index is 4810. The zero-order chi connectivity index (χ0) is 112. The maximum atomic E-state index is 15.0. The molecular weight excluding hydrogens is 1970 g/mol. The standard InChI is InChI=1S/C98H162N28O21S2/c1-15-57(12)79(94(146)121-71(51-148)91(143)115-64(35-26-43-109-98(105)106)85(137)124-78(56(10)11)95(147)126-44-27-36-72(126)80(132)60-30-20-17-21-31-60)125-84(136)62(32-22-23-40-99)112-74(129)50-110-81(133)61(33-24-41-107-96(101)102)113-82(134)63(34-25-42-108-97(103)104)114-89(141)70(49-73(100)128)120-93(145)77(55(8)9)123-90(142)68(47-53(4)5)118-88(140)69(48-59-28-18-16-19-29-59)119-83(135)66(39-45-149-14)117-92(144)76(54(6)7)122-86(138)65(37-38-75(130)131)116-87(139)67(46-52(2)3)111-58(13)127/h16-21,28-31,52-57,61-72,76-79,148H,15,22-27,32-51,99H2,1-14H3,(H2,100,128)(H,110,133)(H,111,127)(H,112,129)(H,113,134)(H,114,141)(H,115,143)(H,116,139)(H,117,144)(H,118,140)(H,119,135)(H,120,145)(H,121,146)(H,122,138)(H,123,142)(H,124,137)(H,125,136)(H,130,131)(H4,101,102,107)(H4,103,104,108)(H4,105,106,109)/t57-,61-,62-,63-,64-,65-,66-,67-,68-,69-,70-,71-,72-,76-,77-,78-,79-/m0/s1. The first-order chi connectivity index (χ1) is 70.3. The number of hydrogen-bond acceptors (Lipinski definition) is 26. The van der Waals surface area contributed by atoms with Gasteiger partial charge in [-0.2, -0.15) is 24.4 Å². The SMILES string of the molecule is CC[C@H](C)[C@H](NC(=O)[C@H](CCCCN)NC(=O)CNC(=O)[C@H](CCCNC(=N)N)NC(=O)[C@H](CCCNC(=N)N)NC(=O)[C@H](CC(N)=O)NC(=O)[C@@H](NC(=O)[C@H](CC(C)C)NC(=O)[C@H](Cc1ccccc1)NC(=O)[C@H](CCSC)NC(=O)[C@@H](NC(=O)[C@H](CCC(=O)O)NC(=O)[C@H](CC(C)C)NC(C)=O)C(C)C)C(C)C)C(=O)N[C@@H](CS)C(=O)N[C@@H](CCCNC(=N)N)C(=O)N[C@H](C(=O)N1CCC[C@H]1C(=O)c1ccccc1)C(C)C. The van der Waals surface area contributed by atoms with Gasteiger partial charge in [-0.1, -0.05) is 150 Å². The van der Waals surface area contributed by atoms with Gasteiger partial charge in [0.25, 0.3) is 0 Å². The van der Waals surface area contributed by atoms with Gasteiger partial charge in [0.1, 0.15) is 90.6 Å². The molecule has 3 rings (SSSR count). The van der Waals surface area contributed by atoms with Crippen molar-refractivity contribution < 1.29 is 101 Å². The van der Waals surface area contributed by atoms with E-state index in [0.29, 0.717) is 30.4 Å². The number of thiol groups is 1. The number of carboxylic acid groups (broad SMARTS) is 1. The van der Waals surface area contributed by atoms with Crippen molar-refractivity contribution in [3.05, 3.63) is 71.8 Å². The smallest absolute Gasteiger partial charge is 0.303 e. The normalized spacial score (nSPS) is 15.4. The molecule has 149 heavy (non-hydrogen) atoms. The highest BCUT2D eigenvalue weighted by molar-refractivity contribution is 7.98. The third-order valence-electron chi connectivity index (χ3n) is 24.3. The summed E-state index contributed by atoms with van der Waals surface area (Å²) in [6.07, 6.45) is 0.902. The minimum atomic E-state index is -1.91. The fraction of sp³-hybridized carbons (Fsp3) is 0.643. The Labute approximate surface area is 880 Å². The number of carbonyl (C=O) groups excluding carboxylic acids is 19. The van der Waals surface area contributed by atoms with Crippen LogP contribution in [0.2, 0.25) is 0 Å². The minimum Gasteiger partial charge on any atom is -0.481 e. The number of nitrogens with two attached hydrogens (primary N) is 5. The second-order valence-corrected chi connectivity index (χ2v) is 40.2. The van der Waals surface area contributed by atoms with Gasteiger partial charge in [-0.05, 0) is 156 Å². The highest BCUT2D eigenvalue weighted by Gasteiger charge is 2.44. The number of amides is 18. The number of benzene rings is 2. The van der Waals surface area contributed by atoms with Crippen LogP contribution in [-0.4, -0.2) is 300 Å². The Morgan fingerprint density at radius 2 is 0.792 bits per heavy atom. The van der Waals surface area contributed by atoms with Crippen LogP contribution >= 0.6 is 24.4 Å². The number of carboxylic acids is 1. The average molecular weight is 2130 g/mol. The highest BCUT2D eigenvalue weighted by Crippen LogP contribution is 2.25. The molecule has 0 unspecified atom stereocenters. The van der Waals surface area contributed by atoms with Gasteiger partial charge in [0.05, 0.1) is 19.0 Å². The van der Waals surface area contributed by atoms with Crippen molar-refractivity contribution in [2.75, 3.05) is 57.0 Å². The van der Waals surface area contributed by atoms with Crippen molar-refractivity contribution in [2.45, 2.75) is 309 Å². The molecule has 18 amide bonds. The van der Waals surface area contributed by atoms with Gasteiger partial charge in [-0.25, -0.2) is 0 Å². The lowest BCUT2D eigenvalue weighted by molar-refractivity contribution is -0.139. The van der Waals surface area contributed by atoms with Crippen LogP contribution in [0.3, 0.4) is 0 Å². The second kappa shape index (κ2) is 68.2. The maximum Gasteiger partial charge on any atom is 0.303 e. The predicted molar refractivity (Wildman–Crippen MR) is 564 cm³/mol. The third-order valence-corrected chi connectivity index (χ3v) is 25.3. The number of ketones is 1. The Morgan fingerprint density at radius 3 is 1.23 bits per heavy atom. The van der Waals surface area contributed by atoms with Gasteiger partial charge < -0.3 is 140 Å². The van der Waals surface area contributed by atoms with Gasteiger partial charge >= 0.3 is 5.97 Å². The number of aliphatic carboxylic acids is 1. The Balaban J connectivity index is 1.96. The number of guanidine groups is 3. The summed E-state index contributed by atoms with van der Waals surface area (Å²) in [5, 5.41) is 82.4. The molecule has 0 radical (unpaired) electrons. The second-order valence-electron chi connectivity index (χ2n) is 38.9. The predicted octanol–water partition coefficient (Wildman–Crippen LogP) is -3.04. The van der Waals surface area contributed by atoms with Crippen molar-refractivity contribution in [3.63, 3.8) is 0 Å². The lowest BCUT2D eigenvalue weighted by Gasteiger charge is -2.32. The largest absolute Gasteiger partial charge is 0.481 e. The van der Waals surface area contributed by atoms with Crippen LogP contribution in [0.4, 0.5) is 0 Å². The van der Waals surface area contributed by atoms with Crippen molar-refractivity contribution in [2.24, 2.45) is 64.2 Å². The number of nitrogens with one attached hydrogen (secondary N) is 22. The molecule has 0 aliphatic carbocycles. The molecular formula is C98H162N28O21S2. The number of rotatable bonds is 70. The van der Waals surface area contributed by atoms with Crippen molar-refractivity contribution in [1.29, 1.82) is 16.2 Å². The summed E-state index contributed by atoms with van der Waals surface area (Å²) in [5.41, 5.74) is 29.2. The van der Waals surface area contributed by atoms with Gasteiger partial charge in [0, 0.05) is 57.3 Å². The van der Waals surface area contributed by atoms with Gasteiger partial charge in [0.15, 0.2) is 23.7 Å². The van der Waals surface area contributed by atoms with Crippen LogP contribution in [-0.2, 0) is 97.5 Å². The van der Waals surface area contributed by atoms with Crippen LogP contribution in [0.5, 0.6) is 0 Å². The number of Topliss-reactive ketones (excluding diaryl/α,β-unsaturated/α-hetero) is 1. The first-order valence-corrected chi connectivity index (χ1v) is 52.6. The fourth-order valence-corrected chi connectivity index (χ4v) is 16.8. The molecule has 0 saturated carbocycles. The summed E-state index contributed by atoms with van der Waals surface area (Å²) in [4.78, 5) is 284. The molecule has 1 heterocycles. The molecule has 1 saturated heterocycles. The number of hydrogen-bond donors (Lipinski definition) is 29. The number of likely N-dealkylation sites (tertiary alicyclic amines) is 1. The lowest BCUT2D eigenvalue weighted by Crippen LogP contribution is -2.62. The van der Waals surface area contributed by atoms with Crippen LogP contribution < -0.4 is 130 Å². The molecule has 49 nitrogen and oxygen atoms in total. The number of unbranched alkanes of at least 4 members (excludes halogenated alkanes) is 1. The summed E-state index contributed by atoms with van der Waals surface area (Å²) >= 11 is 5.70. The molecule has 33 N–H and O–H groups in total. The molecule has 17 atom stereocenters. The average Bonchev–Trinajstić information content (AvgIpc) is 1.69. The first kappa shape index (κ1) is 130. The molecule has 832 valence electrons. The molecule has 2 aromatic carbocycles. The Morgan fingerprint density at radius 1 is 0.423 bits per heavy atom. The number of primary amides is 1. The topological polar surface area (TPSA) is 795 Å². The summed E-state index contributed by atoms with van der Waals surface area (Å²) < 4.78 is 0. The first-order valence-electron chi connectivity index (χ1n) is 50.5. The summed E-state index contributed by atoms with van der Waals surface area (Å²) in [5.74, 6) is -22.3. The van der Waals surface area contributed by atoms with Gasteiger partial charge in [-0.3, -0.25) is 112 Å². The van der Waals surface area contributed by atoms with E-state index in [0.717, 1.165) is 0 Å². The van der Waals surface area contributed by atoms with Gasteiger partial charge in [0.2, 0.25) is 106 Å². The minimum absolute atomic E-state index is 0.00450. The molecule has 0 spiro atoms. The van der Waals surface area contributed by atoms with Crippen LogP contribution in [0, 0.1) is 51.7 Å². The molecule has 1 fully saturated rings. The molecule has 51 heteroatoms. The van der Waals surface area contributed by atoms with E-state index in [1.165, 1.54) is 37.4 Å². The van der Waals surface area contributed by atoms with E-state index in [9.17, 15) is 101 Å².